The van der Waals surface area contributed by atoms with Gasteiger partial charge in [0, 0.05) is 19.0 Å². The van der Waals surface area contributed by atoms with Gasteiger partial charge in [0.15, 0.2) is 0 Å². The number of hydrogen-bond acceptors (Lipinski definition) is 2. The quantitative estimate of drug-likeness (QED) is 0.800. The highest BCUT2D eigenvalue weighted by molar-refractivity contribution is 6.29. The molecule has 98 valence electrons. The van der Waals surface area contributed by atoms with E-state index in [0.29, 0.717) is 23.6 Å². The average molecular weight is 278 g/mol. The molecule has 0 aliphatic carbocycles. The standard InChI is InChI=1S/C15H13ClFNO/c1-10-6-11(2-4-14(10)17)7-13(19)8-12-3-5-15(16)18-9-12/h2-6,9H,7-8H2,1H3. The Morgan fingerprint density at radius 1 is 1.21 bits per heavy atom. The van der Waals surface area contributed by atoms with Gasteiger partial charge >= 0.3 is 0 Å². The van der Waals surface area contributed by atoms with Crippen molar-refractivity contribution >= 4 is 17.4 Å². The monoisotopic (exact) mass is 277 g/mol. The highest BCUT2D eigenvalue weighted by Gasteiger charge is 2.07. The lowest BCUT2D eigenvalue weighted by Crippen LogP contribution is -2.07. The Labute approximate surface area is 116 Å². The van der Waals surface area contributed by atoms with Crippen molar-refractivity contribution in [2.45, 2.75) is 19.8 Å². The van der Waals surface area contributed by atoms with Crippen LogP contribution in [0.15, 0.2) is 36.5 Å². The molecule has 19 heavy (non-hydrogen) atoms. The van der Waals surface area contributed by atoms with E-state index in [9.17, 15) is 9.18 Å². The first-order chi connectivity index (χ1) is 9.04. The Bertz CT molecular complexity index is 596. The van der Waals surface area contributed by atoms with Gasteiger partial charge in [-0.25, -0.2) is 9.37 Å². The predicted octanol–water partition coefficient (Wildman–Crippen LogP) is 3.54. The molecule has 0 fully saturated rings. The molecular weight excluding hydrogens is 265 g/mol. The maximum absolute atomic E-state index is 13.1. The topological polar surface area (TPSA) is 30.0 Å². The summed E-state index contributed by atoms with van der Waals surface area (Å²) in [4.78, 5) is 15.8. The van der Waals surface area contributed by atoms with E-state index in [1.54, 1.807) is 37.4 Å². The SMILES string of the molecule is Cc1cc(CC(=O)Cc2ccc(Cl)nc2)ccc1F. The maximum atomic E-state index is 13.1. The lowest BCUT2D eigenvalue weighted by atomic mass is 10.0. The van der Waals surface area contributed by atoms with Gasteiger partial charge in [0.25, 0.3) is 0 Å². The highest BCUT2D eigenvalue weighted by atomic mass is 35.5. The van der Waals surface area contributed by atoms with Crippen LogP contribution in [0.3, 0.4) is 0 Å². The number of pyridine rings is 1. The smallest absolute Gasteiger partial charge is 0.141 e. The van der Waals surface area contributed by atoms with Crippen molar-refractivity contribution in [1.29, 1.82) is 0 Å². The van der Waals surface area contributed by atoms with Crippen LogP contribution in [0.5, 0.6) is 0 Å². The number of Topliss-reactive ketones (excluding diaryl/α,β-unsaturated/α-hetero) is 1. The summed E-state index contributed by atoms with van der Waals surface area (Å²) in [6.07, 6.45) is 2.19. The number of nitrogens with zero attached hydrogens (tertiary/aromatic N) is 1. The van der Waals surface area contributed by atoms with E-state index in [2.05, 4.69) is 4.98 Å². The Balaban J connectivity index is 2.01. The van der Waals surface area contributed by atoms with E-state index >= 15 is 0 Å². The fourth-order valence-electron chi connectivity index (χ4n) is 1.85. The van der Waals surface area contributed by atoms with Crippen LogP contribution >= 0.6 is 11.6 Å². The van der Waals surface area contributed by atoms with Crippen molar-refractivity contribution in [3.05, 3.63) is 64.2 Å². The van der Waals surface area contributed by atoms with Crippen molar-refractivity contribution in [3.63, 3.8) is 0 Å². The lowest BCUT2D eigenvalue weighted by molar-refractivity contribution is -0.117. The summed E-state index contributed by atoms with van der Waals surface area (Å²) < 4.78 is 13.1. The molecule has 2 rings (SSSR count). The zero-order valence-electron chi connectivity index (χ0n) is 10.5. The number of halogens is 2. The molecule has 0 amide bonds. The summed E-state index contributed by atoms with van der Waals surface area (Å²) in [6, 6.07) is 8.17. The zero-order chi connectivity index (χ0) is 13.8. The van der Waals surface area contributed by atoms with E-state index in [-0.39, 0.29) is 11.6 Å². The van der Waals surface area contributed by atoms with Crippen LogP contribution in [0.25, 0.3) is 0 Å². The van der Waals surface area contributed by atoms with Crippen molar-refractivity contribution in [1.82, 2.24) is 4.98 Å². The van der Waals surface area contributed by atoms with E-state index in [1.807, 2.05) is 0 Å². The number of aryl methyl sites for hydroxylation is 1. The first-order valence-corrected chi connectivity index (χ1v) is 6.29. The molecule has 1 heterocycles. The number of rotatable bonds is 4. The highest BCUT2D eigenvalue weighted by Crippen LogP contribution is 2.12. The molecule has 4 heteroatoms. The second-order valence-electron chi connectivity index (χ2n) is 4.46. The van der Waals surface area contributed by atoms with E-state index < -0.39 is 0 Å². The Hall–Kier alpha value is -1.74. The minimum Gasteiger partial charge on any atom is -0.299 e. The molecule has 0 aliphatic rings. The van der Waals surface area contributed by atoms with Crippen LogP contribution in [-0.2, 0) is 17.6 Å². The molecular formula is C15H13ClFNO. The van der Waals surface area contributed by atoms with Crippen LogP contribution in [0, 0.1) is 12.7 Å². The number of aromatic nitrogens is 1. The van der Waals surface area contributed by atoms with Gasteiger partial charge < -0.3 is 0 Å². The Morgan fingerprint density at radius 3 is 2.53 bits per heavy atom. The zero-order valence-corrected chi connectivity index (χ0v) is 11.2. The van der Waals surface area contributed by atoms with Crippen LogP contribution in [-0.4, -0.2) is 10.8 Å². The van der Waals surface area contributed by atoms with Gasteiger partial charge in [-0.2, -0.15) is 0 Å². The third-order valence-electron chi connectivity index (χ3n) is 2.81. The van der Waals surface area contributed by atoms with Crippen molar-refractivity contribution < 1.29 is 9.18 Å². The third-order valence-corrected chi connectivity index (χ3v) is 3.04. The first-order valence-electron chi connectivity index (χ1n) is 5.92. The number of hydrogen-bond donors (Lipinski definition) is 0. The largest absolute Gasteiger partial charge is 0.299 e. The summed E-state index contributed by atoms with van der Waals surface area (Å²) >= 11 is 5.68. The molecule has 0 saturated carbocycles. The van der Waals surface area contributed by atoms with Gasteiger partial charge in [0.2, 0.25) is 0 Å². The normalized spacial score (nSPS) is 10.5. The lowest BCUT2D eigenvalue weighted by Gasteiger charge is -2.04. The number of carbonyl (C=O) groups is 1. The second kappa shape index (κ2) is 5.93. The summed E-state index contributed by atoms with van der Waals surface area (Å²) in [6.45, 7) is 1.69. The van der Waals surface area contributed by atoms with E-state index in [1.165, 1.54) is 6.07 Å². The molecule has 0 N–H and O–H groups in total. The van der Waals surface area contributed by atoms with Gasteiger partial charge in [-0.1, -0.05) is 29.8 Å². The summed E-state index contributed by atoms with van der Waals surface area (Å²) in [7, 11) is 0. The van der Waals surface area contributed by atoms with Gasteiger partial charge in [-0.15, -0.1) is 0 Å². The molecule has 0 spiro atoms. The van der Waals surface area contributed by atoms with Crippen molar-refractivity contribution in [3.8, 4) is 0 Å². The summed E-state index contributed by atoms with van der Waals surface area (Å²) in [5, 5.41) is 0.408. The Morgan fingerprint density at radius 2 is 1.89 bits per heavy atom. The number of ketones is 1. The molecule has 0 unspecified atom stereocenters. The Kier molecular flexibility index (Phi) is 4.27. The van der Waals surface area contributed by atoms with Gasteiger partial charge in [-0.3, -0.25) is 4.79 Å². The summed E-state index contributed by atoms with van der Waals surface area (Å²) in [5.41, 5.74) is 2.21. The average Bonchev–Trinajstić information content (AvgIpc) is 2.37. The van der Waals surface area contributed by atoms with Gasteiger partial charge in [0.05, 0.1) is 0 Å². The third kappa shape index (κ3) is 3.86. The fourth-order valence-corrected chi connectivity index (χ4v) is 1.96. The predicted molar refractivity (Wildman–Crippen MR) is 72.8 cm³/mol. The molecule has 0 radical (unpaired) electrons. The minimum absolute atomic E-state index is 0.0649. The molecule has 0 saturated heterocycles. The molecule has 0 aliphatic heterocycles. The maximum Gasteiger partial charge on any atom is 0.141 e. The second-order valence-corrected chi connectivity index (χ2v) is 4.85. The first kappa shape index (κ1) is 13.7. The van der Waals surface area contributed by atoms with Crippen LogP contribution < -0.4 is 0 Å². The number of carbonyl (C=O) groups excluding carboxylic acids is 1. The van der Waals surface area contributed by atoms with Crippen LogP contribution in [0.2, 0.25) is 5.15 Å². The van der Waals surface area contributed by atoms with E-state index in [0.717, 1.165) is 11.1 Å². The fraction of sp³-hybridized carbons (Fsp3) is 0.200. The van der Waals surface area contributed by atoms with Crippen molar-refractivity contribution in [2.75, 3.05) is 0 Å². The van der Waals surface area contributed by atoms with Gasteiger partial charge in [-0.05, 0) is 35.7 Å². The molecule has 2 nitrogen and oxygen atoms in total. The van der Waals surface area contributed by atoms with Crippen molar-refractivity contribution in [2.24, 2.45) is 0 Å². The van der Waals surface area contributed by atoms with Crippen LogP contribution in [0.4, 0.5) is 4.39 Å². The van der Waals surface area contributed by atoms with Gasteiger partial charge in [0.1, 0.15) is 16.8 Å². The molecule has 2 aromatic rings. The molecule has 0 bridgehead atoms. The summed E-state index contributed by atoms with van der Waals surface area (Å²) in [5.74, 6) is -0.187. The molecule has 0 atom stereocenters. The minimum atomic E-state index is -0.252. The van der Waals surface area contributed by atoms with E-state index in [4.69, 9.17) is 11.6 Å². The molecule has 1 aromatic heterocycles. The molecule has 1 aromatic carbocycles. The number of benzene rings is 1. The van der Waals surface area contributed by atoms with Crippen LogP contribution in [0.1, 0.15) is 16.7 Å².